The van der Waals surface area contributed by atoms with E-state index in [9.17, 15) is 20.0 Å². The monoisotopic (exact) mass is 326 g/mol. The lowest BCUT2D eigenvalue weighted by Gasteiger charge is -2.20. The number of hydrogen-bond donors (Lipinski definition) is 1. The molecule has 1 N–H and O–H groups in total. The molecule has 0 atom stereocenters. The summed E-state index contributed by atoms with van der Waals surface area (Å²) >= 11 is 7.23. The predicted octanol–water partition coefficient (Wildman–Crippen LogP) is 3.64. The third-order valence-electron chi connectivity index (χ3n) is 2.86. The molecule has 2 aromatic rings. The molecular weight excluding hydrogens is 316 g/mol. The number of nitro benzene ring substituents is 1. The summed E-state index contributed by atoms with van der Waals surface area (Å²) in [5.74, 6) is -1.13. The summed E-state index contributed by atoms with van der Waals surface area (Å²) in [7, 11) is 1.68. The van der Waals surface area contributed by atoms with Crippen molar-refractivity contribution in [1.29, 1.82) is 0 Å². The zero-order valence-corrected chi connectivity index (χ0v) is 12.5. The van der Waals surface area contributed by atoms with Gasteiger partial charge < -0.3 is 10.0 Å². The van der Waals surface area contributed by atoms with Crippen LogP contribution in [0.5, 0.6) is 0 Å². The number of carbonyl (C=O) groups is 1. The molecule has 0 spiro atoms. The fourth-order valence-corrected chi connectivity index (χ4v) is 3.03. The fourth-order valence-electron chi connectivity index (χ4n) is 1.89. The minimum absolute atomic E-state index is 0.0192. The van der Waals surface area contributed by atoms with Gasteiger partial charge in [0.15, 0.2) is 0 Å². The normalized spacial score (nSPS) is 10.4. The summed E-state index contributed by atoms with van der Waals surface area (Å²) in [5.41, 5.74) is 0.165. The minimum atomic E-state index is -1.13. The van der Waals surface area contributed by atoms with Gasteiger partial charge in [-0.15, -0.1) is 11.3 Å². The van der Waals surface area contributed by atoms with E-state index in [0.29, 0.717) is 16.6 Å². The predicted molar refractivity (Wildman–Crippen MR) is 81.5 cm³/mol. The highest BCUT2D eigenvalue weighted by molar-refractivity contribution is 7.16. The summed E-state index contributed by atoms with van der Waals surface area (Å²) in [6.45, 7) is 0.416. The van der Waals surface area contributed by atoms with Crippen LogP contribution in [0.3, 0.4) is 0 Å². The Bertz CT molecular complexity index is 701. The number of carboxylic acid groups (broad SMARTS) is 1. The molecule has 0 amide bonds. The SMILES string of the molecule is CN(Cc1ccc(Cl)s1)c1cc([N+](=O)[O-])ccc1C(=O)O. The van der Waals surface area contributed by atoms with Crippen molar-refractivity contribution in [3.8, 4) is 0 Å². The number of hydrogen-bond acceptors (Lipinski definition) is 5. The quantitative estimate of drug-likeness (QED) is 0.669. The lowest BCUT2D eigenvalue weighted by atomic mass is 10.1. The van der Waals surface area contributed by atoms with Crippen molar-refractivity contribution < 1.29 is 14.8 Å². The van der Waals surface area contributed by atoms with Gasteiger partial charge in [-0.2, -0.15) is 0 Å². The molecule has 8 heteroatoms. The van der Waals surface area contributed by atoms with Gasteiger partial charge in [-0.3, -0.25) is 10.1 Å². The smallest absolute Gasteiger partial charge is 0.337 e. The van der Waals surface area contributed by atoms with Crippen molar-refractivity contribution in [2.24, 2.45) is 0 Å². The number of thiophene rings is 1. The van der Waals surface area contributed by atoms with Crippen molar-refractivity contribution >= 4 is 40.3 Å². The van der Waals surface area contributed by atoms with Crippen molar-refractivity contribution in [2.45, 2.75) is 6.54 Å². The summed E-state index contributed by atoms with van der Waals surface area (Å²) in [4.78, 5) is 24.1. The van der Waals surface area contributed by atoms with E-state index in [1.807, 2.05) is 6.07 Å². The van der Waals surface area contributed by atoms with Crippen LogP contribution in [0.4, 0.5) is 11.4 Å². The second-order valence-corrected chi connectivity index (χ2v) is 6.13. The Balaban J connectivity index is 2.37. The number of rotatable bonds is 5. The molecule has 2 rings (SSSR count). The third kappa shape index (κ3) is 3.50. The Kier molecular flexibility index (Phi) is 4.44. The molecule has 0 aliphatic carbocycles. The molecule has 1 heterocycles. The van der Waals surface area contributed by atoms with E-state index < -0.39 is 10.9 Å². The lowest BCUT2D eigenvalue weighted by molar-refractivity contribution is -0.384. The average molecular weight is 327 g/mol. The number of halogens is 1. The van der Waals surface area contributed by atoms with Crippen LogP contribution in [0.2, 0.25) is 4.34 Å². The Labute approximate surface area is 129 Å². The Morgan fingerprint density at radius 1 is 1.43 bits per heavy atom. The van der Waals surface area contributed by atoms with Crippen molar-refractivity contribution in [3.05, 3.63) is 55.2 Å². The van der Waals surface area contributed by atoms with Crippen LogP contribution in [-0.2, 0) is 6.54 Å². The maximum atomic E-state index is 11.2. The maximum Gasteiger partial charge on any atom is 0.337 e. The van der Waals surface area contributed by atoms with E-state index in [0.717, 1.165) is 4.88 Å². The fraction of sp³-hybridized carbons (Fsp3) is 0.154. The first-order valence-electron chi connectivity index (χ1n) is 5.85. The van der Waals surface area contributed by atoms with E-state index in [2.05, 4.69) is 0 Å². The number of benzene rings is 1. The highest BCUT2D eigenvalue weighted by Gasteiger charge is 2.18. The molecule has 110 valence electrons. The second kappa shape index (κ2) is 6.11. The van der Waals surface area contributed by atoms with E-state index >= 15 is 0 Å². The standard InChI is InChI=1S/C13H11ClN2O4S/c1-15(7-9-3-5-12(14)21-9)11-6-8(16(19)20)2-4-10(11)13(17)18/h2-6H,7H2,1H3,(H,17,18). The number of aromatic carboxylic acids is 1. The third-order valence-corrected chi connectivity index (χ3v) is 4.07. The first-order valence-corrected chi connectivity index (χ1v) is 7.05. The molecule has 0 bridgehead atoms. The number of anilines is 1. The number of non-ortho nitro benzene ring substituents is 1. The summed E-state index contributed by atoms with van der Waals surface area (Å²) < 4.78 is 0.635. The van der Waals surface area contributed by atoms with Crippen LogP contribution < -0.4 is 4.90 Å². The highest BCUT2D eigenvalue weighted by Crippen LogP contribution is 2.29. The van der Waals surface area contributed by atoms with Gasteiger partial charge in [0.2, 0.25) is 0 Å². The van der Waals surface area contributed by atoms with Crippen LogP contribution in [0, 0.1) is 10.1 Å². The Morgan fingerprint density at radius 2 is 2.14 bits per heavy atom. The van der Waals surface area contributed by atoms with Gasteiger partial charge in [0.05, 0.1) is 27.1 Å². The zero-order chi connectivity index (χ0) is 15.6. The van der Waals surface area contributed by atoms with Crippen LogP contribution in [0.1, 0.15) is 15.2 Å². The molecule has 1 aromatic heterocycles. The number of nitro groups is 1. The molecule has 0 radical (unpaired) electrons. The summed E-state index contributed by atoms with van der Waals surface area (Å²) in [6, 6.07) is 7.28. The van der Waals surface area contributed by atoms with Gasteiger partial charge in [-0.1, -0.05) is 11.6 Å². The van der Waals surface area contributed by atoms with Gasteiger partial charge in [0.1, 0.15) is 0 Å². The van der Waals surface area contributed by atoms with Crippen LogP contribution in [0.25, 0.3) is 0 Å². The van der Waals surface area contributed by atoms with Crippen LogP contribution in [0.15, 0.2) is 30.3 Å². The second-order valence-electron chi connectivity index (χ2n) is 4.33. The largest absolute Gasteiger partial charge is 0.478 e. The molecule has 0 aliphatic rings. The van der Waals surface area contributed by atoms with Gasteiger partial charge in [-0.25, -0.2) is 4.79 Å². The molecule has 6 nitrogen and oxygen atoms in total. The first-order chi connectivity index (χ1) is 9.88. The molecule has 0 aliphatic heterocycles. The molecule has 0 fully saturated rings. The van der Waals surface area contributed by atoms with E-state index in [1.54, 1.807) is 18.0 Å². The van der Waals surface area contributed by atoms with Gasteiger partial charge >= 0.3 is 5.97 Å². The zero-order valence-electron chi connectivity index (χ0n) is 10.9. The molecule has 1 aromatic carbocycles. The van der Waals surface area contributed by atoms with Gasteiger partial charge in [0.25, 0.3) is 5.69 Å². The van der Waals surface area contributed by atoms with Crippen molar-refractivity contribution in [2.75, 3.05) is 11.9 Å². The number of carboxylic acids is 1. The van der Waals surface area contributed by atoms with Crippen LogP contribution >= 0.6 is 22.9 Å². The number of nitrogens with zero attached hydrogens (tertiary/aromatic N) is 2. The van der Waals surface area contributed by atoms with Gasteiger partial charge in [0, 0.05) is 24.1 Å². The van der Waals surface area contributed by atoms with E-state index in [1.165, 1.54) is 29.5 Å². The Morgan fingerprint density at radius 3 is 2.67 bits per heavy atom. The average Bonchev–Trinajstić information content (AvgIpc) is 2.83. The minimum Gasteiger partial charge on any atom is -0.478 e. The molecular formula is C13H11ClN2O4S. The molecule has 21 heavy (non-hydrogen) atoms. The van der Waals surface area contributed by atoms with Crippen molar-refractivity contribution in [3.63, 3.8) is 0 Å². The van der Waals surface area contributed by atoms with Crippen molar-refractivity contribution in [1.82, 2.24) is 0 Å². The highest BCUT2D eigenvalue weighted by atomic mass is 35.5. The van der Waals surface area contributed by atoms with Gasteiger partial charge in [-0.05, 0) is 18.2 Å². The Hall–Kier alpha value is -2.12. The molecule has 0 unspecified atom stereocenters. The molecule has 0 saturated carbocycles. The van der Waals surface area contributed by atoms with E-state index in [-0.39, 0.29) is 11.3 Å². The maximum absolute atomic E-state index is 11.2. The molecule has 0 saturated heterocycles. The summed E-state index contributed by atoms with van der Waals surface area (Å²) in [5, 5.41) is 20.0. The lowest BCUT2D eigenvalue weighted by Crippen LogP contribution is -2.19. The van der Waals surface area contributed by atoms with Crippen LogP contribution in [-0.4, -0.2) is 23.0 Å². The van der Waals surface area contributed by atoms with E-state index in [4.69, 9.17) is 11.6 Å². The summed E-state index contributed by atoms with van der Waals surface area (Å²) in [6.07, 6.45) is 0. The first kappa shape index (κ1) is 15.3. The topological polar surface area (TPSA) is 83.7 Å².